The van der Waals surface area contributed by atoms with E-state index in [1.807, 2.05) is 0 Å². The number of aromatic hydroxyl groups is 1. The molecule has 0 unspecified atom stereocenters. The first-order chi connectivity index (χ1) is 9.74. The molecule has 4 nitrogen and oxygen atoms in total. The molecular formula is C15H10ClN3O. The lowest BCUT2D eigenvalue weighted by molar-refractivity contribution is 0.481. The van der Waals surface area contributed by atoms with Gasteiger partial charge in [0.1, 0.15) is 17.0 Å². The largest absolute Gasteiger partial charge is 0.507 e. The van der Waals surface area contributed by atoms with Crippen LogP contribution in [0.15, 0.2) is 65.0 Å². The molecule has 0 fully saturated rings. The Labute approximate surface area is 120 Å². The van der Waals surface area contributed by atoms with Crippen molar-refractivity contribution in [2.45, 2.75) is 0 Å². The molecule has 2 aromatic carbocycles. The number of azo groups is 1. The van der Waals surface area contributed by atoms with Crippen LogP contribution < -0.4 is 0 Å². The fourth-order valence-electron chi connectivity index (χ4n) is 1.84. The number of hydrogen-bond donors (Lipinski definition) is 1. The lowest BCUT2D eigenvalue weighted by Gasteiger charge is -2.02. The van der Waals surface area contributed by atoms with E-state index in [9.17, 15) is 5.11 Å². The summed E-state index contributed by atoms with van der Waals surface area (Å²) in [5, 5.41) is 19.4. The molecule has 0 saturated heterocycles. The van der Waals surface area contributed by atoms with Gasteiger partial charge in [0, 0.05) is 16.6 Å². The van der Waals surface area contributed by atoms with Crippen molar-refractivity contribution < 1.29 is 5.11 Å². The van der Waals surface area contributed by atoms with Crippen molar-refractivity contribution in [1.82, 2.24) is 4.98 Å². The van der Waals surface area contributed by atoms with Crippen LogP contribution in [-0.4, -0.2) is 10.1 Å². The van der Waals surface area contributed by atoms with Crippen LogP contribution in [0, 0.1) is 0 Å². The maximum atomic E-state index is 9.78. The van der Waals surface area contributed by atoms with Gasteiger partial charge >= 0.3 is 0 Å². The Morgan fingerprint density at radius 2 is 1.75 bits per heavy atom. The smallest absolute Gasteiger partial charge is 0.125 e. The molecule has 3 aromatic rings. The molecule has 0 spiro atoms. The van der Waals surface area contributed by atoms with Gasteiger partial charge in [-0.1, -0.05) is 11.6 Å². The van der Waals surface area contributed by atoms with E-state index in [0.29, 0.717) is 27.3 Å². The summed E-state index contributed by atoms with van der Waals surface area (Å²) < 4.78 is 0. The zero-order chi connectivity index (χ0) is 13.9. The van der Waals surface area contributed by atoms with Crippen LogP contribution in [0.5, 0.6) is 5.75 Å². The van der Waals surface area contributed by atoms with Crippen LogP contribution in [0.1, 0.15) is 0 Å². The Kier molecular flexibility index (Phi) is 3.31. The Hall–Kier alpha value is -2.46. The van der Waals surface area contributed by atoms with Crippen LogP contribution >= 0.6 is 11.6 Å². The SMILES string of the molecule is Oc1ccc(N=Nc2ccc(Cl)cc2)c2ncccc12. The van der Waals surface area contributed by atoms with Crippen molar-refractivity contribution in [1.29, 1.82) is 0 Å². The molecule has 0 amide bonds. The van der Waals surface area contributed by atoms with Crippen molar-refractivity contribution in [3.63, 3.8) is 0 Å². The van der Waals surface area contributed by atoms with Gasteiger partial charge in [-0.05, 0) is 48.5 Å². The topological polar surface area (TPSA) is 57.8 Å². The minimum absolute atomic E-state index is 0.179. The number of fused-ring (bicyclic) bond motifs is 1. The number of aromatic nitrogens is 1. The molecule has 0 saturated carbocycles. The maximum Gasteiger partial charge on any atom is 0.125 e. The van der Waals surface area contributed by atoms with E-state index in [1.54, 1.807) is 54.7 Å². The molecule has 0 aliphatic heterocycles. The van der Waals surface area contributed by atoms with E-state index in [0.717, 1.165) is 0 Å². The van der Waals surface area contributed by atoms with E-state index >= 15 is 0 Å². The summed E-state index contributed by atoms with van der Waals surface area (Å²) in [5.74, 6) is 0.179. The fraction of sp³-hybridized carbons (Fsp3) is 0. The van der Waals surface area contributed by atoms with Gasteiger partial charge in [-0.15, -0.1) is 5.11 Å². The third-order valence-electron chi connectivity index (χ3n) is 2.83. The average Bonchev–Trinajstić information content (AvgIpc) is 2.49. The molecule has 1 heterocycles. The lowest BCUT2D eigenvalue weighted by atomic mass is 10.2. The first-order valence-corrected chi connectivity index (χ1v) is 6.36. The van der Waals surface area contributed by atoms with Crippen LogP contribution in [0.3, 0.4) is 0 Å². The van der Waals surface area contributed by atoms with Gasteiger partial charge in [0.25, 0.3) is 0 Å². The number of rotatable bonds is 2. The second-order valence-electron chi connectivity index (χ2n) is 4.18. The van der Waals surface area contributed by atoms with E-state index in [1.165, 1.54) is 0 Å². The molecule has 0 aliphatic rings. The highest BCUT2D eigenvalue weighted by Crippen LogP contribution is 2.31. The molecule has 20 heavy (non-hydrogen) atoms. The third kappa shape index (κ3) is 2.46. The molecule has 1 aromatic heterocycles. The zero-order valence-corrected chi connectivity index (χ0v) is 11.1. The number of phenolic OH excluding ortho intramolecular Hbond substituents is 1. The number of benzene rings is 2. The number of hydrogen-bond acceptors (Lipinski definition) is 4. The molecule has 0 aliphatic carbocycles. The highest BCUT2D eigenvalue weighted by atomic mass is 35.5. The van der Waals surface area contributed by atoms with Gasteiger partial charge < -0.3 is 5.11 Å². The van der Waals surface area contributed by atoms with Gasteiger partial charge in [0.2, 0.25) is 0 Å². The number of halogens is 1. The molecule has 0 bridgehead atoms. The van der Waals surface area contributed by atoms with Crippen LogP contribution in [0.25, 0.3) is 10.9 Å². The van der Waals surface area contributed by atoms with Crippen molar-refractivity contribution in [3.05, 3.63) is 59.8 Å². The monoisotopic (exact) mass is 283 g/mol. The summed E-state index contributed by atoms with van der Waals surface area (Å²) in [5.41, 5.74) is 1.92. The Morgan fingerprint density at radius 1 is 0.950 bits per heavy atom. The first kappa shape index (κ1) is 12.6. The highest BCUT2D eigenvalue weighted by Gasteiger charge is 2.05. The van der Waals surface area contributed by atoms with Gasteiger partial charge in [-0.3, -0.25) is 4.98 Å². The summed E-state index contributed by atoms with van der Waals surface area (Å²) in [6.07, 6.45) is 1.66. The standard InChI is InChI=1S/C15H10ClN3O/c16-10-3-5-11(6-4-10)18-19-13-7-8-14(20)12-2-1-9-17-15(12)13/h1-9,20H. The highest BCUT2D eigenvalue weighted by molar-refractivity contribution is 6.30. The van der Waals surface area contributed by atoms with Crippen LogP contribution in [-0.2, 0) is 0 Å². The van der Waals surface area contributed by atoms with Crippen LogP contribution in [0.4, 0.5) is 11.4 Å². The quantitative estimate of drug-likeness (QED) is 0.672. The predicted octanol–water partition coefficient (Wildman–Crippen LogP) is 5.01. The lowest BCUT2D eigenvalue weighted by Crippen LogP contribution is -1.79. The second kappa shape index (κ2) is 5.27. The molecule has 3 rings (SSSR count). The van der Waals surface area contributed by atoms with Crippen molar-refractivity contribution in [2.75, 3.05) is 0 Å². The Balaban J connectivity index is 2.03. The maximum absolute atomic E-state index is 9.78. The van der Waals surface area contributed by atoms with Gasteiger partial charge in [0.15, 0.2) is 0 Å². The van der Waals surface area contributed by atoms with E-state index < -0.39 is 0 Å². The van der Waals surface area contributed by atoms with Crippen molar-refractivity contribution in [3.8, 4) is 5.75 Å². The van der Waals surface area contributed by atoms with E-state index in [-0.39, 0.29) is 5.75 Å². The number of nitrogens with zero attached hydrogens (tertiary/aromatic N) is 3. The van der Waals surface area contributed by atoms with Crippen molar-refractivity contribution in [2.24, 2.45) is 10.2 Å². The van der Waals surface area contributed by atoms with Gasteiger partial charge in [-0.25, -0.2) is 0 Å². The number of phenols is 1. The molecule has 5 heteroatoms. The predicted molar refractivity (Wildman–Crippen MR) is 79.0 cm³/mol. The van der Waals surface area contributed by atoms with Crippen LogP contribution in [0.2, 0.25) is 5.02 Å². The minimum atomic E-state index is 0.179. The summed E-state index contributed by atoms with van der Waals surface area (Å²) >= 11 is 5.81. The molecule has 1 N–H and O–H groups in total. The first-order valence-electron chi connectivity index (χ1n) is 5.98. The third-order valence-corrected chi connectivity index (χ3v) is 3.08. The molecule has 0 atom stereocenters. The summed E-state index contributed by atoms with van der Waals surface area (Å²) in [6.45, 7) is 0. The average molecular weight is 284 g/mol. The Morgan fingerprint density at radius 3 is 2.55 bits per heavy atom. The molecule has 98 valence electrons. The van der Waals surface area contributed by atoms with E-state index in [4.69, 9.17) is 11.6 Å². The summed E-state index contributed by atoms with van der Waals surface area (Å²) in [7, 11) is 0. The summed E-state index contributed by atoms with van der Waals surface area (Å²) in [4.78, 5) is 4.23. The normalized spacial score (nSPS) is 11.2. The fourth-order valence-corrected chi connectivity index (χ4v) is 1.97. The zero-order valence-electron chi connectivity index (χ0n) is 10.4. The minimum Gasteiger partial charge on any atom is -0.507 e. The Bertz CT molecular complexity index is 785. The summed E-state index contributed by atoms with van der Waals surface area (Å²) in [6, 6.07) is 13.9. The van der Waals surface area contributed by atoms with Gasteiger partial charge in [-0.2, -0.15) is 5.11 Å². The van der Waals surface area contributed by atoms with Crippen molar-refractivity contribution >= 4 is 33.9 Å². The number of pyridine rings is 1. The second-order valence-corrected chi connectivity index (χ2v) is 4.62. The molecule has 0 radical (unpaired) electrons. The van der Waals surface area contributed by atoms with E-state index in [2.05, 4.69) is 15.2 Å². The molecular weight excluding hydrogens is 274 g/mol. The van der Waals surface area contributed by atoms with Gasteiger partial charge in [0.05, 0.1) is 5.69 Å².